The van der Waals surface area contributed by atoms with Crippen molar-refractivity contribution in [3.63, 3.8) is 0 Å². The molecule has 0 fully saturated rings. The summed E-state index contributed by atoms with van der Waals surface area (Å²) in [6, 6.07) is 2.26. The lowest BCUT2D eigenvalue weighted by molar-refractivity contribution is 0.441. The van der Waals surface area contributed by atoms with Crippen LogP contribution in [-0.4, -0.2) is 0 Å². The summed E-state index contributed by atoms with van der Waals surface area (Å²) in [5.74, 6) is 7.42. The van der Waals surface area contributed by atoms with Gasteiger partial charge in [0.15, 0.2) is 0 Å². The minimum atomic E-state index is 0.229. The monoisotopic (exact) mass is 224 g/mol. The van der Waals surface area contributed by atoms with Gasteiger partial charge in [-0.05, 0) is 18.4 Å². The summed E-state index contributed by atoms with van der Waals surface area (Å²) in [5, 5.41) is 0. The Morgan fingerprint density at radius 1 is 1.38 bits per heavy atom. The van der Waals surface area contributed by atoms with Gasteiger partial charge < -0.3 is 4.42 Å². The quantitative estimate of drug-likeness (QED) is 0.552. The molecule has 92 valence electrons. The van der Waals surface area contributed by atoms with E-state index in [-0.39, 0.29) is 6.04 Å². The number of nitrogens with one attached hydrogen (secondary N) is 1. The number of hydrazine groups is 1. The summed E-state index contributed by atoms with van der Waals surface area (Å²) in [5.41, 5.74) is 4.11. The van der Waals surface area contributed by atoms with E-state index in [1.807, 2.05) is 6.07 Å². The highest BCUT2D eigenvalue weighted by Crippen LogP contribution is 2.24. The Morgan fingerprint density at radius 3 is 2.69 bits per heavy atom. The average molecular weight is 224 g/mol. The first kappa shape index (κ1) is 13.3. The molecule has 1 unspecified atom stereocenters. The highest BCUT2D eigenvalue weighted by atomic mass is 16.3. The molecular formula is C13H24N2O. The van der Waals surface area contributed by atoms with Crippen molar-refractivity contribution >= 4 is 0 Å². The van der Waals surface area contributed by atoms with Crippen molar-refractivity contribution in [2.24, 2.45) is 11.8 Å². The van der Waals surface area contributed by atoms with Crippen LogP contribution in [0.4, 0.5) is 0 Å². The van der Waals surface area contributed by atoms with E-state index < -0.39 is 0 Å². The van der Waals surface area contributed by atoms with E-state index in [1.54, 1.807) is 6.26 Å². The standard InChI is InChI=1S/C13H24N2O/c1-4-13-11(8-9-16-13)12(15-14)7-5-6-10(2)3/h8-10,12,15H,4-7,14H2,1-3H3. The van der Waals surface area contributed by atoms with Gasteiger partial charge in [-0.15, -0.1) is 0 Å². The minimum Gasteiger partial charge on any atom is -0.469 e. The van der Waals surface area contributed by atoms with Crippen molar-refractivity contribution in [1.29, 1.82) is 0 Å². The van der Waals surface area contributed by atoms with Crippen LogP contribution >= 0.6 is 0 Å². The first-order valence-corrected chi connectivity index (χ1v) is 6.21. The van der Waals surface area contributed by atoms with Gasteiger partial charge in [-0.25, -0.2) is 0 Å². The van der Waals surface area contributed by atoms with Crippen LogP contribution < -0.4 is 11.3 Å². The highest BCUT2D eigenvalue weighted by Gasteiger charge is 2.15. The van der Waals surface area contributed by atoms with E-state index in [0.717, 1.165) is 24.5 Å². The van der Waals surface area contributed by atoms with E-state index >= 15 is 0 Å². The third kappa shape index (κ3) is 3.65. The van der Waals surface area contributed by atoms with Gasteiger partial charge in [0.05, 0.1) is 6.26 Å². The van der Waals surface area contributed by atoms with Crippen molar-refractivity contribution < 1.29 is 4.42 Å². The van der Waals surface area contributed by atoms with Crippen molar-refractivity contribution in [1.82, 2.24) is 5.43 Å². The first-order valence-electron chi connectivity index (χ1n) is 6.21. The summed E-state index contributed by atoms with van der Waals surface area (Å²) in [6.45, 7) is 6.60. The topological polar surface area (TPSA) is 51.2 Å². The van der Waals surface area contributed by atoms with E-state index in [4.69, 9.17) is 10.3 Å². The maximum Gasteiger partial charge on any atom is 0.108 e. The lowest BCUT2D eigenvalue weighted by atomic mass is 9.98. The SMILES string of the molecule is CCc1occc1C(CCCC(C)C)NN. The lowest BCUT2D eigenvalue weighted by Crippen LogP contribution is -2.28. The van der Waals surface area contributed by atoms with Crippen LogP contribution in [0.5, 0.6) is 0 Å². The fraction of sp³-hybridized carbons (Fsp3) is 0.692. The molecule has 3 N–H and O–H groups in total. The smallest absolute Gasteiger partial charge is 0.108 e. The van der Waals surface area contributed by atoms with Crippen molar-refractivity contribution in [2.75, 3.05) is 0 Å². The van der Waals surface area contributed by atoms with E-state index in [2.05, 4.69) is 26.2 Å². The second-order valence-electron chi connectivity index (χ2n) is 4.70. The summed E-state index contributed by atoms with van der Waals surface area (Å²) in [7, 11) is 0. The van der Waals surface area contributed by atoms with Crippen LogP contribution in [0.2, 0.25) is 0 Å². The van der Waals surface area contributed by atoms with Crippen molar-refractivity contribution in [2.45, 2.75) is 52.5 Å². The van der Waals surface area contributed by atoms with Crippen LogP contribution in [0, 0.1) is 5.92 Å². The molecule has 1 rings (SSSR count). The molecule has 1 atom stereocenters. The van der Waals surface area contributed by atoms with Gasteiger partial charge in [-0.3, -0.25) is 11.3 Å². The number of furan rings is 1. The molecule has 0 aliphatic heterocycles. The maximum absolute atomic E-state index is 5.61. The Morgan fingerprint density at radius 2 is 2.12 bits per heavy atom. The summed E-state index contributed by atoms with van der Waals surface area (Å²) in [4.78, 5) is 0. The van der Waals surface area contributed by atoms with Gasteiger partial charge in [0.2, 0.25) is 0 Å². The number of nitrogens with two attached hydrogens (primary N) is 1. The Kier molecular flexibility index (Phi) is 5.56. The zero-order chi connectivity index (χ0) is 12.0. The van der Waals surface area contributed by atoms with E-state index in [0.29, 0.717) is 0 Å². The molecule has 3 heteroatoms. The highest BCUT2D eigenvalue weighted by molar-refractivity contribution is 5.21. The van der Waals surface area contributed by atoms with E-state index in [1.165, 1.54) is 18.4 Å². The van der Waals surface area contributed by atoms with Crippen LogP contribution in [-0.2, 0) is 6.42 Å². The van der Waals surface area contributed by atoms with Gasteiger partial charge in [0.1, 0.15) is 5.76 Å². The normalized spacial score (nSPS) is 13.3. The Labute approximate surface area is 98.4 Å². The summed E-state index contributed by atoms with van der Waals surface area (Å²) < 4.78 is 5.43. The molecule has 0 saturated carbocycles. The molecule has 0 radical (unpaired) electrons. The van der Waals surface area contributed by atoms with Crippen molar-refractivity contribution in [3.05, 3.63) is 23.7 Å². The number of hydrogen-bond donors (Lipinski definition) is 2. The van der Waals surface area contributed by atoms with Gasteiger partial charge >= 0.3 is 0 Å². The molecule has 0 aromatic carbocycles. The molecule has 0 saturated heterocycles. The van der Waals surface area contributed by atoms with Crippen LogP contribution in [0.25, 0.3) is 0 Å². The minimum absolute atomic E-state index is 0.229. The molecular weight excluding hydrogens is 200 g/mol. The van der Waals surface area contributed by atoms with Gasteiger partial charge in [-0.2, -0.15) is 0 Å². The second-order valence-corrected chi connectivity index (χ2v) is 4.70. The molecule has 1 aromatic heterocycles. The number of aryl methyl sites for hydroxylation is 1. The maximum atomic E-state index is 5.61. The molecule has 0 amide bonds. The second kappa shape index (κ2) is 6.71. The Balaban J connectivity index is 2.53. The zero-order valence-corrected chi connectivity index (χ0v) is 10.6. The lowest BCUT2D eigenvalue weighted by Gasteiger charge is -2.16. The fourth-order valence-electron chi connectivity index (χ4n) is 2.01. The first-order chi connectivity index (χ1) is 7.69. The van der Waals surface area contributed by atoms with E-state index in [9.17, 15) is 0 Å². The number of rotatable bonds is 7. The molecule has 0 aliphatic rings. The molecule has 0 bridgehead atoms. The van der Waals surface area contributed by atoms with Gasteiger partial charge in [-0.1, -0.05) is 33.6 Å². The van der Waals surface area contributed by atoms with Crippen molar-refractivity contribution in [3.8, 4) is 0 Å². The van der Waals surface area contributed by atoms with Crippen LogP contribution in [0.3, 0.4) is 0 Å². The Hall–Kier alpha value is -0.800. The summed E-state index contributed by atoms with van der Waals surface area (Å²) >= 11 is 0. The third-order valence-corrected chi connectivity index (χ3v) is 2.95. The molecule has 1 aromatic rings. The molecule has 16 heavy (non-hydrogen) atoms. The Bertz CT molecular complexity index is 294. The predicted octanol–water partition coefficient (Wildman–Crippen LogP) is 3.17. The van der Waals surface area contributed by atoms with Gasteiger partial charge in [0, 0.05) is 18.0 Å². The molecule has 1 heterocycles. The fourth-order valence-corrected chi connectivity index (χ4v) is 2.01. The average Bonchev–Trinajstić information content (AvgIpc) is 2.72. The largest absolute Gasteiger partial charge is 0.469 e. The van der Waals surface area contributed by atoms with Crippen LogP contribution in [0.15, 0.2) is 16.7 Å². The number of hydrogen-bond acceptors (Lipinski definition) is 3. The predicted molar refractivity (Wildman–Crippen MR) is 66.8 cm³/mol. The molecule has 3 nitrogen and oxygen atoms in total. The molecule has 0 aliphatic carbocycles. The zero-order valence-electron chi connectivity index (χ0n) is 10.6. The summed E-state index contributed by atoms with van der Waals surface area (Å²) in [6.07, 6.45) is 6.19. The molecule has 0 spiro atoms. The third-order valence-electron chi connectivity index (χ3n) is 2.95. The van der Waals surface area contributed by atoms with Gasteiger partial charge in [0.25, 0.3) is 0 Å². The van der Waals surface area contributed by atoms with Crippen LogP contribution in [0.1, 0.15) is 57.4 Å².